The molecule has 1 amide bonds. The molecule has 2 N–H and O–H groups in total. The van der Waals surface area contributed by atoms with Crippen LogP contribution < -0.4 is 5.32 Å². The molecule has 0 saturated heterocycles. The third-order valence-corrected chi connectivity index (χ3v) is 3.49. The van der Waals surface area contributed by atoms with Gasteiger partial charge in [-0.15, -0.1) is 0 Å². The monoisotopic (exact) mass is 227 g/mol. The van der Waals surface area contributed by atoms with Gasteiger partial charge in [-0.05, 0) is 32.1 Å². The summed E-state index contributed by atoms with van der Waals surface area (Å²) >= 11 is 0. The first-order valence-corrected chi connectivity index (χ1v) is 6.42. The molecule has 1 saturated carbocycles. The van der Waals surface area contributed by atoms with Crippen LogP contribution in [0.4, 0.5) is 0 Å². The summed E-state index contributed by atoms with van der Waals surface area (Å²) in [5, 5.41) is 11.9. The summed E-state index contributed by atoms with van der Waals surface area (Å²) < 4.78 is 0. The van der Waals surface area contributed by atoms with E-state index in [0.29, 0.717) is 5.92 Å². The average Bonchev–Trinajstić information content (AvgIpc) is 2.66. The van der Waals surface area contributed by atoms with E-state index >= 15 is 0 Å². The Balaban J connectivity index is 2.65. The van der Waals surface area contributed by atoms with Gasteiger partial charge in [0, 0.05) is 11.5 Å². The van der Waals surface area contributed by atoms with Crippen LogP contribution in [0.2, 0.25) is 0 Å². The number of nitrogens with one attached hydrogen (secondary N) is 1. The minimum atomic E-state index is -0.155. The van der Waals surface area contributed by atoms with Crippen LogP contribution in [-0.2, 0) is 4.79 Å². The van der Waals surface area contributed by atoms with Crippen molar-refractivity contribution < 1.29 is 9.90 Å². The maximum Gasteiger partial charge on any atom is 0.226 e. The Kier molecular flexibility index (Phi) is 4.78. The van der Waals surface area contributed by atoms with Gasteiger partial charge in [0.1, 0.15) is 0 Å². The van der Waals surface area contributed by atoms with Crippen molar-refractivity contribution >= 4 is 5.91 Å². The van der Waals surface area contributed by atoms with Crippen LogP contribution in [0.1, 0.15) is 52.9 Å². The normalized spacial score (nSPS) is 21.1. The molecule has 0 spiro atoms. The number of carbonyl (C=O) groups excluding carboxylic acids is 1. The van der Waals surface area contributed by atoms with E-state index in [1.807, 2.05) is 6.92 Å². The number of carbonyl (C=O) groups is 1. The molecule has 1 fully saturated rings. The topological polar surface area (TPSA) is 49.3 Å². The van der Waals surface area contributed by atoms with Crippen molar-refractivity contribution in [3.05, 3.63) is 0 Å². The molecular formula is C13H25NO2. The Morgan fingerprint density at radius 2 is 1.88 bits per heavy atom. The maximum atomic E-state index is 12.2. The standard InChI is InChI=1S/C13H25NO2/c1-10(2)8-13(6-4-5-7-13)12(16)14-11(3)9-15/h10-11,15H,4-9H2,1-3H3,(H,14,16)/t11-/m0/s1. The molecule has 0 aromatic heterocycles. The number of rotatable bonds is 5. The molecule has 0 aliphatic heterocycles. The van der Waals surface area contributed by atoms with Crippen LogP contribution in [-0.4, -0.2) is 23.7 Å². The van der Waals surface area contributed by atoms with E-state index in [9.17, 15) is 4.79 Å². The van der Waals surface area contributed by atoms with Crippen molar-refractivity contribution in [1.82, 2.24) is 5.32 Å². The SMILES string of the molecule is CC(C)CC1(C(=O)N[C@@H](C)CO)CCCC1. The average molecular weight is 227 g/mol. The molecule has 16 heavy (non-hydrogen) atoms. The quantitative estimate of drug-likeness (QED) is 0.755. The molecular weight excluding hydrogens is 202 g/mol. The zero-order valence-electron chi connectivity index (χ0n) is 10.8. The van der Waals surface area contributed by atoms with Crippen molar-refractivity contribution in [1.29, 1.82) is 0 Å². The van der Waals surface area contributed by atoms with Crippen molar-refractivity contribution in [2.24, 2.45) is 11.3 Å². The minimum Gasteiger partial charge on any atom is -0.394 e. The summed E-state index contributed by atoms with van der Waals surface area (Å²) in [6, 6.07) is -0.128. The van der Waals surface area contributed by atoms with Gasteiger partial charge in [-0.2, -0.15) is 0 Å². The number of hydrogen-bond donors (Lipinski definition) is 2. The summed E-state index contributed by atoms with van der Waals surface area (Å²) in [5.41, 5.74) is -0.155. The van der Waals surface area contributed by atoms with Crippen LogP contribution in [0.5, 0.6) is 0 Å². The largest absolute Gasteiger partial charge is 0.394 e. The second-order valence-electron chi connectivity index (χ2n) is 5.64. The number of amides is 1. The fraction of sp³-hybridized carbons (Fsp3) is 0.923. The van der Waals surface area contributed by atoms with Crippen molar-refractivity contribution in [2.75, 3.05) is 6.61 Å². The zero-order chi connectivity index (χ0) is 12.2. The molecule has 94 valence electrons. The van der Waals surface area contributed by atoms with E-state index in [1.165, 1.54) is 0 Å². The Morgan fingerprint density at radius 3 is 2.31 bits per heavy atom. The number of hydrogen-bond acceptors (Lipinski definition) is 2. The highest BCUT2D eigenvalue weighted by molar-refractivity contribution is 5.83. The molecule has 0 unspecified atom stereocenters. The van der Waals surface area contributed by atoms with Gasteiger partial charge in [0.15, 0.2) is 0 Å². The first kappa shape index (κ1) is 13.5. The highest BCUT2D eigenvalue weighted by Crippen LogP contribution is 2.43. The molecule has 0 aromatic rings. The van der Waals surface area contributed by atoms with Crippen LogP contribution >= 0.6 is 0 Å². The Morgan fingerprint density at radius 1 is 1.31 bits per heavy atom. The van der Waals surface area contributed by atoms with E-state index in [-0.39, 0.29) is 24.0 Å². The van der Waals surface area contributed by atoms with E-state index in [2.05, 4.69) is 19.2 Å². The molecule has 0 bridgehead atoms. The Hall–Kier alpha value is -0.570. The smallest absolute Gasteiger partial charge is 0.226 e. The van der Waals surface area contributed by atoms with Crippen molar-refractivity contribution in [3.63, 3.8) is 0 Å². The molecule has 0 heterocycles. The lowest BCUT2D eigenvalue weighted by atomic mass is 9.77. The Bertz CT molecular complexity index is 232. The van der Waals surface area contributed by atoms with Crippen LogP contribution in [0, 0.1) is 11.3 Å². The van der Waals surface area contributed by atoms with Crippen molar-refractivity contribution in [3.8, 4) is 0 Å². The molecule has 0 aromatic carbocycles. The third kappa shape index (κ3) is 3.21. The lowest BCUT2D eigenvalue weighted by Gasteiger charge is -2.30. The first-order valence-electron chi connectivity index (χ1n) is 6.42. The van der Waals surface area contributed by atoms with E-state index in [1.54, 1.807) is 0 Å². The van der Waals surface area contributed by atoms with Gasteiger partial charge < -0.3 is 10.4 Å². The second kappa shape index (κ2) is 5.67. The summed E-state index contributed by atoms with van der Waals surface area (Å²) in [5.74, 6) is 0.702. The van der Waals surface area contributed by atoms with E-state index < -0.39 is 0 Å². The molecule has 1 aliphatic carbocycles. The predicted octanol–water partition coefficient (Wildman–Crippen LogP) is 2.09. The highest BCUT2D eigenvalue weighted by Gasteiger charge is 2.41. The molecule has 0 radical (unpaired) electrons. The summed E-state index contributed by atoms with van der Waals surface area (Å²) in [6.45, 7) is 6.20. The van der Waals surface area contributed by atoms with Gasteiger partial charge in [-0.1, -0.05) is 26.7 Å². The van der Waals surface area contributed by atoms with Crippen LogP contribution in [0.25, 0.3) is 0 Å². The summed E-state index contributed by atoms with van der Waals surface area (Å²) in [4.78, 5) is 12.2. The zero-order valence-corrected chi connectivity index (χ0v) is 10.8. The molecule has 1 rings (SSSR count). The second-order valence-corrected chi connectivity index (χ2v) is 5.64. The Labute approximate surface area is 98.6 Å². The van der Waals surface area contributed by atoms with Crippen LogP contribution in [0.3, 0.4) is 0 Å². The van der Waals surface area contributed by atoms with Gasteiger partial charge in [-0.25, -0.2) is 0 Å². The number of aliphatic hydroxyl groups excluding tert-OH is 1. The van der Waals surface area contributed by atoms with Crippen molar-refractivity contribution in [2.45, 2.75) is 58.9 Å². The third-order valence-electron chi connectivity index (χ3n) is 3.49. The lowest BCUT2D eigenvalue weighted by molar-refractivity contribution is -0.132. The van der Waals surface area contributed by atoms with Gasteiger partial charge in [0.25, 0.3) is 0 Å². The molecule has 3 heteroatoms. The minimum absolute atomic E-state index is 0.0174. The van der Waals surface area contributed by atoms with Crippen LogP contribution in [0.15, 0.2) is 0 Å². The number of aliphatic hydroxyl groups is 1. The summed E-state index contributed by atoms with van der Waals surface area (Å²) in [7, 11) is 0. The molecule has 1 aliphatic rings. The fourth-order valence-electron chi connectivity index (χ4n) is 2.78. The van der Waals surface area contributed by atoms with Gasteiger partial charge in [0.2, 0.25) is 5.91 Å². The fourth-order valence-corrected chi connectivity index (χ4v) is 2.78. The maximum absolute atomic E-state index is 12.2. The predicted molar refractivity (Wildman–Crippen MR) is 65.0 cm³/mol. The first-order chi connectivity index (χ1) is 7.50. The van der Waals surface area contributed by atoms with E-state index in [0.717, 1.165) is 32.1 Å². The summed E-state index contributed by atoms with van der Waals surface area (Å²) in [6.07, 6.45) is 5.31. The molecule has 3 nitrogen and oxygen atoms in total. The molecule has 1 atom stereocenters. The van der Waals surface area contributed by atoms with Gasteiger partial charge in [-0.3, -0.25) is 4.79 Å². The van der Waals surface area contributed by atoms with Gasteiger partial charge >= 0.3 is 0 Å². The van der Waals surface area contributed by atoms with Gasteiger partial charge in [0.05, 0.1) is 6.61 Å². The lowest BCUT2D eigenvalue weighted by Crippen LogP contribution is -2.45. The van der Waals surface area contributed by atoms with E-state index in [4.69, 9.17) is 5.11 Å². The highest BCUT2D eigenvalue weighted by atomic mass is 16.3.